The van der Waals surface area contributed by atoms with Gasteiger partial charge in [-0.2, -0.15) is 4.31 Å². The van der Waals surface area contributed by atoms with E-state index in [1.165, 1.54) is 4.31 Å². The third kappa shape index (κ3) is 2.88. The first-order valence-corrected chi connectivity index (χ1v) is 8.10. The predicted molar refractivity (Wildman–Crippen MR) is 77.6 cm³/mol. The van der Waals surface area contributed by atoms with Crippen LogP contribution in [0.5, 0.6) is 0 Å². The first-order valence-electron chi connectivity index (χ1n) is 6.28. The predicted octanol–water partition coefficient (Wildman–Crippen LogP) is 2.73. The Hall–Kier alpha value is -0.780. The van der Waals surface area contributed by atoms with Gasteiger partial charge in [0.2, 0.25) is 10.0 Å². The van der Waals surface area contributed by atoms with Gasteiger partial charge in [-0.3, -0.25) is 0 Å². The molecule has 0 aromatic heterocycles. The van der Waals surface area contributed by atoms with E-state index in [1.807, 2.05) is 0 Å². The molecule has 1 fully saturated rings. The maximum atomic E-state index is 12.6. The van der Waals surface area contributed by atoms with Crippen LogP contribution in [0.15, 0.2) is 23.1 Å². The Morgan fingerprint density at radius 3 is 2.37 bits per heavy atom. The van der Waals surface area contributed by atoms with E-state index in [0.29, 0.717) is 13.1 Å². The monoisotopic (exact) mass is 302 g/mol. The molecule has 0 bridgehead atoms. The van der Waals surface area contributed by atoms with E-state index < -0.39 is 10.0 Å². The number of nitrogens with two attached hydrogens (primary N) is 1. The standard InChI is InChI=1S/C13H19ClN2O2S/c1-13(2)6-8-16(9-7-13)19(17,18)12-10(14)4-3-5-11(12)15/h3-5H,6-9,15H2,1-2H3. The summed E-state index contributed by atoms with van der Waals surface area (Å²) in [6.45, 7) is 5.33. The molecule has 2 N–H and O–H groups in total. The maximum absolute atomic E-state index is 12.6. The van der Waals surface area contributed by atoms with Gasteiger partial charge >= 0.3 is 0 Å². The van der Waals surface area contributed by atoms with E-state index in [9.17, 15) is 8.42 Å². The molecule has 1 aromatic carbocycles. The first-order chi connectivity index (χ1) is 8.74. The minimum atomic E-state index is -3.60. The van der Waals surface area contributed by atoms with Crippen LogP contribution in [0.1, 0.15) is 26.7 Å². The molecule has 1 saturated heterocycles. The maximum Gasteiger partial charge on any atom is 0.246 e. The number of hydrogen-bond acceptors (Lipinski definition) is 3. The largest absolute Gasteiger partial charge is 0.398 e. The fraction of sp³-hybridized carbons (Fsp3) is 0.538. The van der Waals surface area contributed by atoms with Gasteiger partial charge < -0.3 is 5.73 Å². The molecule has 0 atom stereocenters. The number of sulfonamides is 1. The van der Waals surface area contributed by atoms with Crippen molar-refractivity contribution in [3.05, 3.63) is 23.2 Å². The molecule has 4 nitrogen and oxygen atoms in total. The highest BCUT2D eigenvalue weighted by atomic mass is 35.5. The summed E-state index contributed by atoms with van der Waals surface area (Å²) < 4.78 is 26.7. The summed E-state index contributed by atoms with van der Waals surface area (Å²) in [6.07, 6.45) is 1.69. The third-order valence-electron chi connectivity index (χ3n) is 3.67. The molecule has 0 spiro atoms. The van der Waals surface area contributed by atoms with Crippen LogP contribution in [0.25, 0.3) is 0 Å². The van der Waals surface area contributed by atoms with E-state index in [0.717, 1.165) is 12.8 Å². The molecule has 6 heteroatoms. The second kappa shape index (κ2) is 4.96. The Kier molecular flexibility index (Phi) is 3.82. The summed E-state index contributed by atoms with van der Waals surface area (Å²) in [7, 11) is -3.60. The second-order valence-corrected chi connectivity index (χ2v) is 8.01. The molecule has 1 aromatic rings. The fourth-order valence-corrected chi connectivity index (χ4v) is 4.33. The number of rotatable bonds is 2. The molecule has 1 heterocycles. The normalized spacial score (nSPS) is 20.4. The highest BCUT2D eigenvalue weighted by Crippen LogP contribution is 2.35. The van der Waals surface area contributed by atoms with E-state index in [2.05, 4.69) is 13.8 Å². The van der Waals surface area contributed by atoms with Crippen LogP contribution in [-0.4, -0.2) is 25.8 Å². The highest BCUT2D eigenvalue weighted by Gasteiger charge is 2.34. The average molecular weight is 303 g/mol. The Morgan fingerprint density at radius 2 is 1.84 bits per heavy atom. The van der Waals surface area contributed by atoms with Gasteiger partial charge in [0.15, 0.2) is 0 Å². The zero-order valence-corrected chi connectivity index (χ0v) is 12.8. The molecule has 0 radical (unpaired) electrons. The third-order valence-corrected chi connectivity index (χ3v) is 6.11. The van der Waals surface area contributed by atoms with E-state index in [-0.39, 0.29) is 21.0 Å². The topological polar surface area (TPSA) is 63.4 Å². The van der Waals surface area contributed by atoms with Crippen molar-refractivity contribution < 1.29 is 8.42 Å². The minimum absolute atomic E-state index is 0.0383. The number of anilines is 1. The van der Waals surface area contributed by atoms with E-state index in [4.69, 9.17) is 17.3 Å². The van der Waals surface area contributed by atoms with Crippen LogP contribution in [0.4, 0.5) is 5.69 Å². The number of halogens is 1. The van der Waals surface area contributed by atoms with Gasteiger partial charge in [-0.05, 0) is 30.4 Å². The number of benzene rings is 1. The molecule has 106 valence electrons. The van der Waals surface area contributed by atoms with Crippen molar-refractivity contribution in [2.75, 3.05) is 18.8 Å². The van der Waals surface area contributed by atoms with E-state index >= 15 is 0 Å². The number of hydrogen-bond donors (Lipinski definition) is 1. The molecule has 1 aliphatic heterocycles. The lowest BCUT2D eigenvalue weighted by Gasteiger charge is -2.36. The fourth-order valence-electron chi connectivity index (χ4n) is 2.26. The van der Waals surface area contributed by atoms with Crippen molar-refractivity contribution in [2.45, 2.75) is 31.6 Å². The molecule has 0 saturated carbocycles. The average Bonchev–Trinajstić information content (AvgIpc) is 2.27. The molecule has 1 aliphatic rings. The lowest BCUT2D eigenvalue weighted by Crippen LogP contribution is -2.41. The summed E-state index contributed by atoms with van der Waals surface area (Å²) in [5.74, 6) is 0. The van der Waals surface area contributed by atoms with Crippen molar-refractivity contribution in [2.24, 2.45) is 5.41 Å². The lowest BCUT2D eigenvalue weighted by atomic mass is 9.83. The molecule has 19 heavy (non-hydrogen) atoms. The molecule has 0 unspecified atom stereocenters. The van der Waals surface area contributed by atoms with Crippen LogP contribution in [0, 0.1) is 5.41 Å². The van der Waals surface area contributed by atoms with Gasteiger partial charge in [0.1, 0.15) is 4.90 Å². The zero-order valence-electron chi connectivity index (χ0n) is 11.2. The van der Waals surface area contributed by atoms with Gasteiger partial charge in [0, 0.05) is 13.1 Å². The van der Waals surface area contributed by atoms with Crippen molar-refractivity contribution in [3.8, 4) is 0 Å². The van der Waals surface area contributed by atoms with Gasteiger partial charge in [-0.25, -0.2) is 8.42 Å². The second-order valence-electron chi connectivity index (χ2n) is 5.73. The number of piperidine rings is 1. The van der Waals surface area contributed by atoms with Crippen LogP contribution in [0.3, 0.4) is 0 Å². The van der Waals surface area contributed by atoms with Crippen LogP contribution in [-0.2, 0) is 10.0 Å². The molecule has 2 rings (SSSR count). The first kappa shape index (κ1) is 14.6. The van der Waals surface area contributed by atoms with Crippen molar-refractivity contribution in [1.29, 1.82) is 0 Å². The van der Waals surface area contributed by atoms with Crippen molar-refractivity contribution in [1.82, 2.24) is 4.31 Å². The van der Waals surface area contributed by atoms with Crippen molar-refractivity contribution in [3.63, 3.8) is 0 Å². The van der Waals surface area contributed by atoms with Gasteiger partial charge in [-0.15, -0.1) is 0 Å². The van der Waals surface area contributed by atoms with E-state index in [1.54, 1.807) is 18.2 Å². The van der Waals surface area contributed by atoms with Crippen LogP contribution < -0.4 is 5.73 Å². The van der Waals surface area contributed by atoms with Crippen molar-refractivity contribution >= 4 is 27.3 Å². The molecular formula is C13H19ClN2O2S. The molecule has 0 amide bonds. The van der Waals surface area contributed by atoms with Crippen LogP contribution >= 0.6 is 11.6 Å². The van der Waals surface area contributed by atoms with Gasteiger partial charge in [0.05, 0.1) is 10.7 Å². The SMILES string of the molecule is CC1(C)CCN(S(=O)(=O)c2c(N)cccc2Cl)CC1. The zero-order chi connectivity index (χ0) is 14.3. The summed E-state index contributed by atoms with van der Waals surface area (Å²) in [5, 5.41) is 0.185. The molecular weight excluding hydrogens is 284 g/mol. The van der Waals surface area contributed by atoms with Gasteiger partial charge in [-0.1, -0.05) is 31.5 Å². The van der Waals surface area contributed by atoms with Gasteiger partial charge in [0.25, 0.3) is 0 Å². The smallest absolute Gasteiger partial charge is 0.246 e. The minimum Gasteiger partial charge on any atom is -0.398 e. The number of nitrogens with zero attached hydrogens (tertiary/aromatic N) is 1. The summed E-state index contributed by atoms with van der Waals surface area (Å²) in [4.78, 5) is 0.0383. The Bertz CT molecular complexity index is 554. The highest BCUT2D eigenvalue weighted by molar-refractivity contribution is 7.89. The molecule has 0 aliphatic carbocycles. The Balaban J connectivity index is 2.34. The quantitative estimate of drug-likeness (QED) is 0.854. The summed E-state index contributed by atoms with van der Waals surface area (Å²) >= 11 is 6.00. The Morgan fingerprint density at radius 1 is 1.26 bits per heavy atom. The summed E-state index contributed by atoms with van der Waals surface area (Å²) in [5.41, 5.74) is 6.18. The number of nitrogen functional groups attached to an aromatic ring is 1. The summed E-state index contributed by atoms with van der Waals surface area (Å²) in [6, 6.07) is 4.77. The Labute approximate surface area is 119 Å². The lowest BCUT2D eigenvalue weighted by molar-refractivity contribution is 0.196. The van der Waals surface area contributed by atoms with Crippen LogP contribution in [0.2, 0.25) is 5.02 Å².